The fourth-order valence-corrected chi connectivity index (χ4v) is 2.29. The highest BCUT2D eigenvalue weighted by atomic mass is 16.5. The second-order valence-corrected chi connectivity index (χ2v) is 5.76. The van der Waals surface area contributed by atoms with Crippen molar-refractivity contribution in [2.24, 2.45) is 0 Å². The summed E-state index contributed by atoms with van der Waals surface area (Å²) in [5.74, 6) is 1.97. The van der Waals surface area contributed by atoms with Gasteiger partial charge in [-0.05, 0) is 51.4 Å². The zero-order valence-corrected chi connectivity index (χ0v) is 13.1. The molecule has 0 saturated heterocycles. The van der Waals surface area contributed by atoms with E-state index in [-0.39, 0.29) is 0 Å². The van der Waals surface area contributed by atoms with E-state index in [9.17, 15) is 0 Å². The topological polar surface area (TPSA) is 37.6 Å². The van der Waals surface area contributed by atoms with Gasteiger partial charge in [0.05, 0.1) is 13.2 Å². The molecule has 1 fully saturated rings. The molecule has 0 aromatic carbocycles. The molecule has 2 rings (SSSR count). The van der Waals surface area contributed by atoms with Gasteiger partial charge >= 0.3 is 0 Å². The maximum atomic E-state index is 5.83. The summed E-state index contributed by atoms with van der Waals surface area (Å²) in [5, 5.41) is 3.37. The SMILES string of the molecule is CCCNCc1oc(COCCN(C)C2CC2)cc1C. The molecule has 1 heterocycles. The molecular weight excluding hydrogens is 252 g/mol. The Morgan fingerprint density at radius 1 is 1.45 bits per heavy atom. The van der Waals surface area contributed by atoms with E-state index < -0.39 is 0 Å². The first kappa shape index (κ1) is 15.5. The van der Waals surface area contributed by atoms with Crippen LogP contribution in [0.3, 0.4) is 0 Å². The van der Waals surface area contributed by atoms with Crippen LogP contribution in [0.15, 0.2) is 10.5 Å². The van der Waals surface area contributed by atoms with Crippen LogP contribution in [0.4, 0.5) is 0 Å². The third-order valence-corrected chi connectivity index (χ3v) is 3.79. The Bertz CT molecular complexity index is 399. The van der Waals surface area contributed by atoms with E-state index in [2.05, 4.69) is 37.2 Å². The first-order valence-corrected chi connectivity index (χ1v) is 7.77. The number of furan rings is 1. The third kappa shape index (κ3) is 4.93. The second kappa shape index (κ2) is 7.81. The van der Waals surface area contributed by atoms with Crippen molar-refractivity contribution >= 4 is 0 Å². The number of likely N-dealkylation sites (N-methyl/N-ethyl adjacent to an activating group) is 1. The Labute approximate surface area is 122 Å². The molecule has 1 aliphatic rings. The van der Waals surface area contributed by atoms with Gasteiger partial charge in [0.2, 0.25) is 0 Å². The number of hydrogen-bond acceptors (Lipinski definition) is 4. The summed E-state index contributed by atoms with van der Waals surface area (Å²) >= 11 is 0. The van der Waals surface area contributed by atoms with Crippen molar-refractivity contribution in [2.45, 2.75) is 52.3 Å². The van der Waals surface area contributed by atoms with Crippen molar-refractivity contribution in [3.05, 3.63) is 23.2 Å². The Morgan fingerprint density at radius 3 is 2.95 bits per heavy atom. The molecule has 0 spiro atoms. The van der Waals surface area contributed by atoms with Crippen LogP contribution in [-0.2, 0) is 17.9 Å². The molecule has 1 aromatic rings. The van der Waals surface area contributed by atoms with Gasteiger partial charge in [-0.1, -0.05) is 6.92 Å². The lowest BCUT2D eigenvalue weighted by molar-refractivity contribution is 0.0855. The third-order valence-electron chi connectivity index (χ3n) is 3.79. The first-order chi connectivity index (χ1) is 9.70. The number of nitrogens with one attached hydrogen (secondary N) is 1. The molecule has 20 heavy (non-hydrogen) atoms. The molecule has 0 amide bonds. The predicted molar refractivity (Wildman–Crippen MR) is 80.8 cm³/mol. The Morgan fingerprint density at radius 2 is 2.25 bits per heavy atom. The molecule has 4 nitrogen and oxygen atoms in total. The Hall–Kier alpha value is -0.840. The van der Waals surface area contributed by atoms with Crippen molar-refractivity contribution < 1.29 is 9.15 Å². The van der Waals surface area contributed by atoms with Gasteiger partial charge in [0.1, 0.15) is 18.1 Å². The summed E-state index contributed by atoms with van der Waals surface area (Å²) in [6.07, 6.45) is 3.84. The number of hydrogen-bond donors (Lipinski definition) is 1. The maximum Gasteiger partial charge on any atom is 0.130 e. The quantitative estimate of drug-likeness (QED) is 0.669. The van der Waals surface area contributed by atoms with Crippen molar-refractivity contribution in [2.75, 3.05) is 26.7 Å². The van der Waals surface area contributed by atoms with E-state index in [0.29, 0.717) is 6.61 Å². The summed E-state index contributed by atoms with van der Waals surface area (Å²) in [6, 6.07) is 2.90. The number of nitrogens with zero attached hydrogens (tertiary/aromatic N) is 1. The largest absolute Gasteiger partial charge is 0.462 e. The molecule has 0 aliphatic heterocycles. The minimum absolute atomic E-state index is 0.577. The van der Waals surface area contributed by atoms with Crippen LogP contribution in [0.5, 0.6) is 0 Å². The van der Waals surface area contributed by atoms with Crippen LogP contribution < -0.4 is 5.32 Å². The molecular formula is C16H28N2O2. The van der Waals surface area contributed by atoms with Crippen molar-refractivity contribution in [3.63, 3.8) is 0 Å². The monoisotopic (exact) mass is 280 g/mol. The average molecular weight is 280 g/mol. The van der Waals surface area contributed by atoms with E-state index in [1.807, 2.05) is 0 Å². The lowest BCUT2D eigenvalue weighted by atomic mass is 10.2. The standard InChI is InChI=1S/C16H28N2O2/c1-4-7-17-11-16-13(2)10-15(20-16)12-19-9-8-18(3)14-5-6-14/h10,14,17H,4-9,11-12H2,1-3H3. The van der Waals surface area contributed by atoms with Crippen LogP contribution in [0, 0.1) is 6.92 Å². The highest BCUT2D eigenvalue weighted by molar-refractivity contribution is 5.19. The van der Waals surface area contributed by atoms with E-state index in [0.717, 1.165) is 50.2 Å². The normalized spacial score (nSPS) is 15.2. The summed E-state index contributed by atoms with van der Waals surface area (Å²) in [6.45, 7) is 8.46. The van der Waals surface area contributed by atoms with Gasteiger partial charge < -0.3 is 19.4 Å². The molecule has 0 bridgehead atoms. The molecule has 1 aliphatic carbocycles. The van der Waals surface area contributed by atoms with Crippen LogP contribution in [0.25, 0.3) is 0 Å². The highest BCUT2D eigenvalue weighted by Gasteiger charge is 2.25. The van der Waals surface area contributed by atoms with Gasteiger partial charge in [-0.25, -0.2) is 0 Å². The molecule has 0 atom stereocenters. The average Bonchev–Trinajstić information content (AvgIpc) is 3.21. The van der Waals surface area contributed by atoms with E-state index in [1.54, 1.807) is 0 Å². The van der Waals surface area contributed by atoms with Crippen LogP contribution in [0.1, 0.15) is 43.3 Å². The molecule has 1 saturated carbocycles. The minimum Gasteiger partial charge on any atom is -0.462 e. The molecule has 1 aromatic heterocycles. The van der Waals surface area contributed by atoms with Gasteiger partial charge in [-0.15, -0.1) is 0 Å². The smallest absolute Gasteiger partial charge is 0.130 e. The summed E-state index contributed by atoms with van der Waals surface area (Å²) in [5.41, 5.74) is 1.21. The molecule has 114 valence electrons. The molecule has 0 radical (unpaired) electrons. The van der Waals surface area contributed by atoms with Gasteiger partial charge in [-0.2, -0.15) is 0 Å². The zero-order valence-electron chi connectivity index (χ0n) is 13.1. The lowest BCUT2D eigenvalue weighted by Gasteiger charge is -2.14. The van der Waals surface area contributed by atoms with Gasteiger partial charge in [0.25, 0.3) is 0 Å². The van der Waals surface area contributed by atoms with Crippen LogP contribution in [0.2, 0.25) is 0 Å². The predicted octanol–water partition coefficient (Wildman–Crippen LogP) is 2.70. The minimum atomic E-state index is 0.577. The van der Waals surface area contributed by atoms with E-state index in [4.69, 9.17) is 9.15 Å². The number of aryl methyl sites for hydroxylation is 1. The van der Waals surface area contributed by atoms with Crippen molar-refractivity contribution in [1.29, 1.82) is 0 Å². The van der Waals surface area contributed by atoms with Gasteiger partial charge in [-0.3, -0.25) is 0 Å². The summed E-state index contributed by atoms with van der Waals surface area (Å²) in [7, 11) is 2.18. The van der Waals surface area contributed by atoms with Crippen molar-refractivity contribution in [3.8, 4) is 0 Å². The summed E-state index contributed by atoms with van der Waals surface area (Å²) in [4.78, 5) is 2.38. The van der Waals surface area contributed by atoms with Gasteiger partial charge in [0.15, 0.2) is 0 Å². The Balaban J connectivity index is 1.65. The van der Waals surface area contributed by atoms with Crippen LogP contribution >= 0.6 is 0 Å². The van der Waals surface area contributed by atoms with E-state index in [1.165, 1.54) is 18.4 Å². The number of rotatable bonds is 10. The maximum absolute atomic E-state index is 5.83. The van der Waals surface area contributed by atoms with Crippen LogP contribution in [-0.4, -0.2) is 37.7 Å². The summed E-state index contributed by atoms with van der Waals surface area (Å²) < 4.78 is 11.5. The van der Waals surface area contributed by atoms with E-state index >= 15 is 0 Å². The number of ether oxygens (including phenoxy) is 1. The fourth-order valence-electron chi connectivity index (χ4n) is 2.29. The lowest BCUT2D eigenvalue weighted by Crippen LogP contribution is -2.25. The second-order valence-electron chi connectivity index (χ2n) is 5.76. The molecule has 1 N–H and O–H groups in total. The van der Waals surface area contributed by atoms with Crippen molar-refractivity contribution in [1.82, 2.24) is 10.2 Å². The Kier molecular flexibility index (Phi) is 6.07. The zero-order chi connectivity index (χ0) is 14.4. The molecule has 0 unspecified atom stereocenters. The fraction of sp³-hybridized carbons (Fsp3) is 0.750. The molecule has 4 heteroatoms. The highest BCUT2D eigenvalue weighted by Crippen LogP contribution is 2.24. The first-order valence-electron chi connectivity index (χ1n) is 7.77. The van der Waals surface area contributed by atoms with Gasteiger partial charge in [0, 0.05) is 12.6 Å².